The van der Waals surface area contributed by atoms with Crippen LogP contribution in [0.15, 0.2) is 103 Å². The van der Waals surface area contributed by atoms with E-state index in [1.165, 1.54) is 40.6 Å². The van der Waals surface area contributed by atoms with Crippen molar-refractivity contribution >= 4 is 42.6 Å². The Balaban J connectivity index is 2.27. The summed E-state index contributed by atoms with van der Waals surface area (Å²) in [7, 11) is 1.53. The van der Waals surface area contributed by atoms with Crippen molar-refractivity contribution < 1.29 is 42.6 Å². The first-order valence-electron chi connectivity index (χ1n) is 15.2. The number of ether oxygens (including phenoxy) is 4. The number of rotatable bonds is 14. The maximum absolute atomic E-state index is 13.4. The van der Waals surface area contributed by atoms with E-state index in [0.717, 1.165) is 10.4 Å². The zero-order valence-corrected chi connectivity index (χ0v) is 29.1. The van der Waals surface area contributed by atoms with Gasteiger partial charge in [-0.3, -0.25) is 19.2 Å². The third-order valence-electron chi connectivity index (χ3n) is 8.30. The first-order valence-corrected chi connectivity index (χ1v) is 17.1. The second-order valence-corrected chi connectivity index (χ2v) is 16.4. The van der Waals surface area contributed by atoms with E-state index < -0.39 is 54.5 Å². The predicted molar refractivity (Wildman–Crippen MR) is 180 cm³/mol. The molecule has 0 aromatic heterocycles. The molecule has 3 aromatic carbocycles. The molecule has 250 valence electrons. The molecule has 0 spiro atoms. The second-order valence-electron chi connectivity index (χ2n) is 12.1. The van der Waals surface area contributed by atoms with Gasteiger partial charge in [0.15, 0.2) is 11.3 Å². The summed E-state index contributed by atoms with van der Waals surface area (Å²) in [6, 6.07) is 28.6. The summed E-state index contributed by atoms with van der Waals surface area (Å²) in [5.74, 6) is -5.98. The molecule has 3 rings (SSSR count). The fourth-order valence-electron chi connectivity index (χ4n) is 5.94. The van der Waals surface area contributed by atoms with Gasteiger partial charge < -0.3 is 23.4 Å². The molecule has 0 amide bonds. The van der Waals surface area contributed by atoms with Crippen molar-refractivity contribution in [3.63, 3.8) is 0 Å². The molecular formula is C37H44O9Si. The lowest BCUT2D eigenvalue weighted by atomic mass is 9.79. The first kappa shape index (κ1) is 36.9. The molecule has 0 aliphatic rings. The van der Waals surface area contributed by atoms with Gasteiger partial charge in [0.05, 0.1) is 28.4 Å². The van der Waals surface area contributed by atoms with E-state index in [-0.39, 0.29) is 13.0 Å². The Hall–Kier alpha value is -4.54. The van der Waals surface area contributed by atoms with Gasteiger partial charge in [0.1, 0.15) is 0 Å². The predicted octanol–water partition coefficient (Wildman–Crippen LogP) is 4.27. The summed E-state index contributed by atoms with van der Waals surface area (Å²) >= 11 is 0. The van der Waals surface area contributed by atoms with Crippen LogP contribution in [0.3, 0.4) is 0 Å². The summed E-state index contributed by atoms with van der Waals surface area (Å²) in [5, 5.41) is 1.54. The summed E-state index contributed by atoms with van der Waals surface area (Å²) in [6.07, 6.45) is 2.70. The van der Waals surface area contributed by atoms with Gasteiger partial charge in [-0.05, 0) is 21.0 Å². The Morgan fingerprint density at radius 2 is 1.09 bits per heavy atom. The van der Waals surface area contributed by atoms with E-state index in [9.17, 15) is 19.2 Å². The highest BCUT2D eigenvalue weighted by molar-refractivity contribution is 6.99. The van der Waals surface area contributed by atoms with E-state index >= 15 is 0 Å². The van der Waals surface area contributed by atoms with Gasteiger partial charge in [0.25, 0.3) is 8.32 Å². The summed E-state index contributed by atoms with van der Waals surface area (Å²) in [5.41, 5.74) is -1.29. The average Bonchev–Trinajstić information content (AvgIpc) is 3.09. The molecule has 0 radical (unpaired) electrons. The smallest absolute Gasteiger partial charge is 0.327 e. The van der Waals surface area contributed by atoms with Gasteiger partial charge in [-0.25, -0.2) is 0 Å². The lowest BCUT2D eigenvalue weighted by Crippen LogP contribution is -2.67. The highest BCUT2D eigenvalue weighted by atomic mass is 28.4. The van der Waals surface area contributed by atoms with Crippen LogP contribution in [0, 0.1) is 17.3 Å². The van der Waals surface area contributed by atoms with Crippen LogP contribution >= 0.6 is 0 Å². The minimum atomic E-state index is -3.16. The number of benzene rings is 3. The van der Waals surface area contributed by atoms with E-state index in [0.29, 0.717) is 5.56 Å². The minimum Gasteiger partial charge on any atom is -0.468 e. The van der Waals surface area contributed by atoms with Crippen LogP contribution in [0.2, 0.25) is 5.04 Å². The quantitative estimate of drug-likeness (QED) is 0.0822. The van der Waals surface area contributed by atoms with Gasteiger partial charge >= 0.3 is 23.9 Å². The normalized spacial score (nSPS) is 12.8. The van der Waals surface area contributed by atoms with E-state index in [1.54, 1.807) is 24.3 Å². The minimum absolute atomic E-state index is 0.104. The monoisotopic (exact) mass is 660 g/mol. The summed E-state index contributed by atoms with van der Waals surface area (Å²) in [6.45, 7) is 6.13. The second kappa shape index (κ2) is 16.3. The molecule has 0 N–H and O–H groups in total. The SMILES string of the molecule is COC(=O)C(C(=O)OC)[C@@H](/C=C/C(Cc1ccccc1)(C(=O)OC)C(=O)OC)CO[Si](c1ccccc1)(c1ccccc1)C(C)(C)C. The molecule has 0 heterocycles. The van der Waals surface area contributed by atoms with Crippen molar-refractivity contribution in [3.8, 4) is 0 Å². The molecule has 0 aliphatic heterocycles. The molecule has 9 nitrogen and oxygen atoms in total. The van der Waals surface area contributed by atoms with E-state index in [2.05, 4.69) is 20.8 Å². The molecule has 0 bridgehead atoms. The standard InChI is InChI=1S/C37H44O9Si/c1-36(2,3)47(29-19-13-9-14-20-29,30-21-15-10-16-22-30)46-26-28(31(32(38)42-4)33(39)43-5)23-24-37(34(40)44-6,35(41)45-7)25-27-17-11-8-12-18-27/h8-24,28,31H,25-26H2,1-7H3/b24-23+/t28-/m0/s1. The Kier molecular flexibility index (Phi) is 12.8. The molecule has 0 aliphatic carbocycles. The Labute approximate surface area is 278 Å². The largest absolute Gasteiger partial charge is 0.468 e. The third kappa shape index (κ3) is 8.07. The van der Waals surface area contributed by atoms with Gasteiger partial charge in [-0.15, -0.1) is 0 Å². The molecular weight excluding hydrogens is 616 g/mol. The number of methoxy groups -OCH3 is 4. The molecule has 0 fully saturated rings. The first-order chi connectivity index (χ1) is 22.4. The number of hydrogen-bond donors (Lipinski definition) is 0. The lowest BCUT2D eigenvalue weighted by molar-refractivity contribution is -0.165. The van der Waals surface area contributed by atoms with Crippen LogP contribution in [0.5, 0.6) is 0 Å². The van der Waals surface area contributed by atoms with Gasteiger partial charge in [-0.1, -0.05) is 124 Å². The molecule has 0 saturated heterocycles. The highest BCUT2D eigenvalue weighted by Gasteiger charge is 2.52. The van der Waals surface area contributed by atoms with Gasteiger partial charge in [0, 0.05) is 18.9 Å². The van der Waals surface area contributed by atoms with Crippen LogP contribution in [0.25, 0.3) is 0 Å². The van der Waals surface area contributed by atoms with Crippen molar-refractivity contribution in [1.29, 1.82) is 0 Å². The van der Waals surface area contributed by atoms with Gasteiger partial charge in [0.2, 0.25) is 0 Å². The molecule has 0 unspecified atom stereocenters. The van der Waals surface area contributed by atoms with Crippen LogP contribution < -0.4 is 10.4 Å². The number of hydrogen-bond acceptors (Lipinski definition) is 9. The number of esters is 4. The highest BCUT2D eigenvalue weighted by Crippen LogP contribution is 2.38. The fourth-order valence-corrected chi connectivity index (χ4v) is 10.5. The number of carbonyl (C=O) groups is 4. The molecule has 10 heteroatoms. The van der Waals surface area contributed by atoms with Crippen molar-refractivity contribution in [3.05, 3.63) is 109 Å². The zero-order valence-electron chi connectivity index (χ0n) is 28.1. The Bertz CT molecular complexity index is 1440. The van der Waals surface area contributed by atoms with E-state index in [1.807, 2.05) is 66.7 Å². The summed E-state index contributed by atoms with van der Waals surface area (Å²) < 4.78 is 27.4. The topological polar surface area (TPSA) is 114 Å². The zero-order chi connectivity index (χ0) is 34.7. The van der Waals surface area contributed by atoms with Crippen molar-refractivity contribution in [2.45, 2.75) is 32.2 Å². The van der Waals surface area contributed by atoms with E-state index in [4.69, 9.17) is 23.4 Å². The fraction of sp³-hybridized carbons (Fsp3) is 0.351. The summed E-state index contributed by atoms with van der Waals surface area (Å²) in [4.78, 5) is 53.3. The molecule has 3 aromatic rings. The lowest BCUT2D eigenvalue weighted by Gasteiger charge is -2.43. The molecule has 47 heavy (non-hydrogen) atoms. The van der Waals surface area contributed by atoms with Crippen LogP contribution in [-0.2, 0) is 49.0 Å². The average molecular weight is 661 g/mol. The van der Waals surface area contributed by atoms with Crippen molar-refractivity contribution in [1.82, 2.24) is 0 Å². The van der Waals surface area contributed by atoms with Gasteiger partial charge in [-0.2, -0.15) is 0 Å². The van der Waals surface area contributed by atoms with Crippen molar-refractivity contribution in [2.24, 2.45) is 17.3 Å². The van der Waals surface area contributed by atoms with Crippen molar-refractivity contribution in [2.75, 3.05) is 35.0 Å². The Morgan fingerprint density at radius 3 is 1.47 bits per heavy atom. The third-order valence-corrected chi connectivity index (χ3v) is 13.3. The van der Waals surface area contributed by atoms with Crippen LogP contribution in [0.1, 0.15) is 26.3 Å². The van der Waals surface area contributed by atoms with Crippen LogP contribution in [-0.4, -0.2) is 67.2 Å². The van der Waals surface area contributed by atoms with Crippen LogP contribution in [0.4, 0.5) is 0 Å². The maximum atomic E-state index is 13.4. The Morgan fingerprint density at radius 1 is 0.660 bits per heavy atom. The maximum Gasteiger partial charge on any atom is 0.327 e. The molecule has 1 atom stereocenters. The molecule has 0 saturated carbocycles. The number of carbonyl (C=O) groups excluding carboxylic acids is 4.